The third kappa shape index (κ3) is 3.48. The van der Waals surface area contributed by atoms with Crippen molar-refractivity contribution in [1.29, 1.82) is 0 Å². The van der Waals surface area contributed by atoms with E-state index >= 15 is 0 Å². The highest BCUT2D eigenvalue weighted by Crippen LogP contribution is 2.38. The van der Waals surface area contributed by atoms with E-state index in [9.17, 15) is 31.1 Å². The molecule has 0 fully saturated rings. The maximum atomic E-state index is 12.8. The van der Waals surface area contributed by atoms with E-state index in [2.05, 4.69) is 4.98 Å². The lowest BCUT2D eigenvalue weighted by Gasteiger charge is -2.16. The van der Waals surface area contributed by atoms with E-state index in [1.807, 2.05) is 0 Å². The molecule has 4 nitrogen and oxygen atoms in total. The molecule has 1 aromatic heterocycles. The molecule has 0 aliphatic heterocycles. The topological polar surface area (TPSA) is 44.1 Å². The number of benzene rings is 1. The van der Waals surface area contributed by atoms with Crippen molar-refractivity contribution in [2.75, 3.05) is 7.11 Å². The Morgan fingerprint density at radius 3 is 2.17 bits per heavy atom. The fourth-order valence-electron chi connectivity index (χ4n) is 1.85. The molecule has 2 rings (SSSR count). The first-order chi connectivity index (χ1) is 10.9. The van der Waals surface area contributed by atoms with E-state index in [-0.39, 0.29) is 11.8 Å². The van der Waals surface area contributed by atoms with Gasteiger partial charge in [-0.05, 0) is 12.1 Å². The van der Waals surface area contributed by atoms with Crippen LogP contribution in [0.3, 0.4) is 0 Å². The fourth-order valence-corrected chi connectivity index (χ4v) is 2.15. The van der Waals surface area contributed by atoms with Crippen molar-refractivity contribution >= 4 is 11.6 Å². The summed E-state index contributed by atoms with van der Waals surface area (Å²) in [5.74, 6) is -0.446. The van der Waals surface area contributed by atoms with Crippen molar-refractivity contribution < 1.29 is 31.1 Å². The molecule has 11 heteroatoms. The molecule has 2 aromatic rings. The van der Waals surface area contributed by atoms with Gasteiger partial charge in [-0.25, -0.2) is 4.98 Å². The summed E-state index contributed by atoms with van der Waals surface area (Å²) >= 11 is 5.77. The van der Waals surface area contributed by atoms with Crippen molar-refractivity contribution in [2.24, 2.45) is 0 Å². The highest BCUT2D eigenvalue weighted by atomic mass is 35.5. The smallest absolute Gasteiger partial charge is 0.433 e. The SMILES string of the molecule is COc1cc(C(F)(F)F)cc(Cl)c1-n1cnc(C(F)(F)F)cc1=O. The molecule has 130 valence electrons. The molecule has 0 saturated carbocycles. The second kappa shape index (κ2) is 6.00. The lowest BCUT2D eigenvalue weighted by atomic mass is 10.1. The number of hydrogen-bond donors (Lipinski definition) is 0. The van der Waals surface area contributed by atoms with Crippen molar-refractivity contribution in [1.82, 2.24) is 9.55 Å². The van der Waals surface area contributed by atoms with Gasteiger partial charge in [0.1, 0.15) is 17.8 Å². The molecule has 0 atom stereocenters. The van der Waals surface area contributed by atoms with Crippen molar-refractivity contribution in [3.8, 4) is 11.4 Å². The zero-order valence-electron chi connectivity index (χ0n) is 11.7. The standard InChI is InChI=1S/C13H7ClF6N2O2/c1-24-8-3-6(12(15,16)17)2-7(14)11(8)22-5-21-9(4-10(22)23)13(18,19)20/h2-5H,1H3. The van der Waals surface area contributed by atoms with Crippen molar-refractivity contribution in [3.63, 3.8) is 0 Å². The van der Waals surface area contributed by atoms with Gasteiger partial charge in [0.2, 0.25) is 0 Å². The van der Waals surface area contributed by atoms with Crippen molar-refractivity contribution in [2.45, 2.75) is 12.4 Å². The Bertz CT molecular complexity index is 829. The Balaban J connectivity index is 2.67. The Morgan fingerprint density at radius 1 is 1.08 bits per heavy atom. The van der Waals surface area contributed by atoms with Gasteiger partial charge in [0.05, 0.1) is 17.7 Å². The van der Waals surface area contributed by atoms with Crippen LogP contribution in [0.2, 0.25) is 5.02 Å². The maximum absolute atomic E-state index is 12.8. The average Bonchev–Trinajstić information content (AvgIpc) is 2.45. The quantitative estimate of drug-likeness (QED) is 0.750. The minimum atomic E-state index is -4.84. The molecule has 0 amide bonds. The third-order valence-electron chi connectivity index (χ3n) is 2.92. The van der Waals surface area contributed by atoms with E-state index in [0.717, 1.165) is 7.11 Å². The number of ether oxygens (including phenoxy) is 1. The zero-order valence-corrected chi connectivity index (χ0v) is 12.4. The van der Waals surface area contributed by atoms with Gasteiger partial charge in [0.25, 0.3) is 5.56 Å². The summed E-state index contributed by atoms with van der Waals surface area (Å²) in [4.78, 5) is 15.0. The second-order valence-corrected chi connectivity index (χ2v) is 4.89. The zero-order chi connectivity index (χ0) is 18.3. The van der Waals surface area contributed by atoms with Crippen LogP contribution in [0, 0.1) is 0 Å². The molecular formula is C13H7ClF6N2O2. The highest BCUT2D eigenvalue weighted by Gasteiger charge is 2.34. The first kappa shape index (κ1) is 18.1. The number of aromatic nitrogens is 2. The molecule has 1 heterocycles. The maximum Gasteiger partial charge on any atom is 0.433 e. The number of halogens is 7. The minimum Gasteiger partial charge on any atom is -0.494 e. The molecule has 0 aliphatic rings. The summed E-state index contributed by atoms with van der Waals surface area (Å²) in [5, 5.41) is -0.537. The van der Waals surface area contributed by atoms with Crippen LogP contribution in [0.5, 0.6) is 5.75 Å². The molecule has 24 heavy (non-hydrogen) atoms. The molecule has 0 radical (unpaired) electrons. The van der Waals surface area contributed by atoms with Crippen molar-refractivity contribution in [3.05, 3.63) is 51.2 Å². The van der Waals surface area contributed by atoms with Gasteiger partial charge in [-0.1, -0.05) is 11.6 Å². The number of alkyl halides is 6. The van der Waals surface area contributed by atoms with Gasteiger partial charge in [-0.3, -0.25) is 9.36 Å². The monoisotopic (exact) mass is 372 g/mol. The summed E-state index contributed by atoms with van der Waals surface area (Å²) < 4.78 is 81.2. The number of methoxy groups -OCH3 is 1. The van der Waals surface area contributed by atoms with Gasteiger partial charge >= 0.3 is 12.4 Å². The van der Waals surface area contributed by atoms with Crippen LogP contribution in [0.1, 0.15) is 11.3 Å². The normalized spacial score (nSPS) is 12.3. The van der Waals surface area contributed by atoms with Crippen LogP contribution in [0.4, 0.5) is 26.3 Å². The van der Waals surface area contributed by atoms with Gasteiger partial charge in [0.15, 0.2) is 5.69 Å². The lowest BCUT2D eigenvalue weighted by molar-refractivity contribution is -0.141. The van der Waals surface area contributed by atoms with E-state index in [1.165, 1.54) is 0 Å². The van der Waals surface area contributed by atoms with E-state index in [1.54, 1.807) is 0 Å². The van der Waals surface area contributed by atoms with Crippen LogP contribution in [0.25, 0.3) is 5.69 Å². The minimum absolute atomic E-state index is 0.202. The molecule has 0 N–H and O–H groups in total. The van der Waals surface area contributed by atoms with E-state index in [4.69, 9.17) is 16.3 Å². The fraction of sp³-hybridized carbons (Fsp3) is 0.231. The average molecular weight is 373 g/mol. The summed E-state index contributed by atoms with van der Waals surface area (Å²) in [6.07, 6.45) is -9.05. The predicted molar refractivity (Wildman–Crippen MR) is 71.4 cm³/mol. The Labute approximate surface area is 135 Å². The van der Waals surface area contributed by atoms with Gasteiger partial charge in [0, 0.05) is 6.07 Å². The van der Waals surface area contributed by atoms with Gasteiger partial charge < -0.3 is 4.74 Å². The number of hydrogen-bond acceptors (Lipinski definition) is 3. The van der Waals surface area contributed by atoms with E-state index < -0.39 is 39.9 Å². The van der Waals surface area contributed by atoms with Crippen LogP contribution in [0.15, 0.2) is 29.3 Å². The highest BCUT2D eigenvalue weighted by molar-refractivity contribution is 6.32. The molecule has 0 spiro atoms. The molecule has 0 aliphatic carbocycles. The molecular weight excluding hydrogens is 366 g/mol. The Hall–Kier alpha value is -2.23. The largest absolute Gasteiger partial charge is 0.494 e. The molecule has 0 saturated heterocycles. The van der Waals surface area contributed by atoms with Gasteiger partial charge in [-0.15, -0.1) is 0 Å². The molecule has 1 aromatic carbocycles. The lowest BCUT2D eigenvalue weighted by Crippen LogP contribution is -2.23. The summed E-state index contributed by atoms with van der Waals surface area (Å²) in [7, 11) is 1.03. The van der Waals surface area contributed by atoms with Crippen LogP contribution in [-0.2, 0) is 12.4 Å². The third-order valence-corrected chi connectivity index (χ3v) is 3.21. The number of rotatable bonds is 2. The second-order valence-electron chi connectivity index (χ2n) is 4.49. The first-order valence-corrected chi connectivity index (χ1v) is 6.44. The summed E-state index contributed by atoms with van der Waals surface area (Å²) in [6.45, 7) is 0. The van der Waals surface area contributed by atoms with Crippen LogP contribution < -0.4 is 10.3 Å². The van der Waals surface area contributed by atoms with Crippen LogP contribution >= 0.6 is 11.6 Å². The van der Waals surface area contributed by atoms with E-state index in [0.29, 0.717) is 23.0 Å². The molecule has 0 bridgehead atoms. The predicted octanol–water partition coefficient (Wildman–Crippen LogP) is 3.93. The molecule has 0 unspecified atom stereocenters. The number of nitrogens with zero attached hydrogens (tertiary/aromatic N) is 2. The van der Waals surface area contributed by atoms with Crippen LogP contribution in [-0.4, -0.2) is 16.7 Å². The Kier molecular flexibility index (Phi) is 4.53. The first-order valence-electron chi connectivity index (χ1n) is 6.06. The van der Waals surface area contributed by atoms with Gasteiger partial charge in [-0.2, -0.15) is 26.3 Å². The Morgan fingerprint density at radius 2 is 1.71 bits per heavy atom. The summed E-state index contributed by atoms with van der Waals surface area (Å²) in [5.41, 5.74) is -4.11. The summed E-state index contributed by atoms with van der Waals surface area (Å²) in [6, 6.07) is 1.31.